The van der Waals surface area contributed by atoms with E-state index < -0.39 is 0 Å². The summed E-state index contributed by atoms with van der Waals surface area (Å²) >= 11 is 0. The molecule has 0 heterocycles. The lowest BCUT2D eigenvalue weighted by molar-refractivity contribution is -0.139. The van der Waals surface area contributed by atoms with Crippen LogP contribution in [0.3, 0.4) is 0 Å². The molecule has 0 spiro atoms. The van der Waals surface area contributed by atoms with Crippen LogP contribution in [0.25, 0.3) is 0 Å². The zero-order chi connectivity index (χ0) is 12.7. The van der Waals surface area contributed by atoms with Crippen LogP contribution in [0.5, 0.6) is 0 Å². The maximum Gasteiger partial charge on any atom is 0.136 e. The fraction of sp³-hybridized carbons (Fsp3) is 0.857. The van der Waals surface area contributed by atoms with Gasteiger partial charge in [-0.2, -0.15) is 0 Å². The Morgan fingerprint density at radius 3 is 2.12 bits per heavy atom. The molecule has 4 atom stereocenters. The first-order chi connectivity index (χ1) is 7.16. The minimum atomic E-state index is 0.0282. The highest BCUT2D eigenvalue weighted by molar-refractivity contribution is 5.87. The molecule has 0 radical (unpaired) electrons. The van der Waals surface area contributed by atoms with Crippen molar-refractivity contribution in [3.05, 3.63) is 0 Å². The van der Waals surface area contributed by atoms with Crippen molar-refractivity contribution in [2.24, 2.45) is 29.1 Å². The van der Waals surface area contributed by atoms with E-state index in [-0.39, 0.29) is 34.9 Å². The molecule has 0 aliphatic heterocycles. The first-order valence-electron chi connectivity index (χ1n) is 6.19. The number of hydrogen-bond acceptors (Lipinski definition) is 2. The van der Waals surface area contributed by atoms with Gasteiger partial charge in [-0.1, -0.05) is 34.6 Å². The molecule has 0 aromatic rings. The molecule has 0 N–H and O–H groups in total. The van der Waals surface area contributed by atoms with Crippen LogP contribution >= 0.6 is 0 Å². The second-order valence-corrected chi connectivity index (χ2v) is 6.43. The van der Waals surface area contributed by atoms with Crippen molar-refractivity contribution in [1.29, 1.82) is 0 Å². The Bertz CT molecular complexity index is 298. The zero-order valence-corrected chi connectivity index (χ0v) is 11.3. The van der Waals surface area contributed by atoms with E-state index in [0.717, 1.165) is 0 Å². The van der Waals surface area contributed by atoms with Crippen LogP contribution in [0.15, 0.2) is 0 Å². The molecular weight excluding hydrogens is 200 g/mol. The van der Waals surface area contributed by atoms with Gasteiger partial charge in [0.15, 0.2) is 0 Å². The number of carbonyl (C=O) groups excluding carboxylic acids is 2. The van der Waals surface area contributed by atoms with Gasteiger partial charge in [0.05, 0.1) is 0 Å². The highest BCUT2D eigenvalue weighted by Gasteiger charge is 2.46. The minimum Gasteiger partial charge on any atom is -0.300 e. The van der Waals surface area contributed by atoms with Crippen LogP contribution in [0.1, 0.15) is 48.0 Å². The van der Waals surface area contributed by atoms with Gasteiger partial charge in [0.2, 0.25) is 0 Å². The second-order valence-electron chi connectivity index (χ2n) is 6.43. The van der Waals surface area contributed by atoms with Gasteiger partial charge in [-0.25, -0.2) is 0 Å². The Kier molecular flexibility index (Phi) is 3.61. The van der Waals surface area contributed by atoms with Crippen molar-refractivity contribution in [2.75, 3.05) is 0 Å². The van der Waals surface area contributed by atoms with Crippen molar-refractivity contribution in [3.63, 3.8) is 0 Å². The van der Waals surface area contributed by atoms with Crippen molar-refractivity contribution in [3.8, 4) is 0 Å². The molecule has 0 saturated heterocycles. The monoisotopic (exact) mass is 224 g/mol. The summed E-state index contributed by atoms with van der Waals surface area (Å²) in [6.07, 6.45) is 0.569. The molecule has 1 saturated carbocycles. The maximum absolute atomic E-state index is 11.9. The van der Waals surface area contributed by atoms with Crippen LogP contribution in [-0.2, 0) is 9.59 Å². The van der Waals surface area contributed by atoms with Crippen molar-refractivity contribution >= 4 is 11.6 Å². The van der Waals surface area contributed by atoms with E-state index in [0.29, 0.717) is 12.2 Å². The van der Waals surface area contributed by atoms with Gasteiger partial charge >= 0.3 is 0 Å². The van der Waals surface area contributed by atoms with Crippen molar-refractivity contribution < 1.29 is 9.59 Å². The van der Waals surface area contributed by atoms with E-state index in [9.17, 15) is 9.59 Å². The van der Waals surface area contributed by atoms with Crippen LogP contribution in [0.2, 0.25) is 0 Å². The summed E-state index contributed by atoms with van der Waals surface area (Å²) in [5.41, 5.74) is 0.0282. The molecule has 1 aliphatic rings. The molecule has 0 aromatic heterocycles. The summed E-state index contributed by atoms with van der Waals surface area (Å²) in [7, 11) is 0. The Morgan fingerprint density at radius 2 is 1.75 bits per heavy atom. The first-order valence-corrected chi connectivity index (χ1v) is 6.19. The predicted molar refractivity (Wildman–Crippen MR) is 65.1 cm³/mol. The van der Waals surface area contributed by atoms with Crippen molar-refractivity contribution in [2.45, 2.75) is 48.0 Å². The van der Waals surface area contributed by atoms with E-state index in [1.807, 2.05) is 13.8 Å². The molecule has 1 rings (SSSR count). The Labute approximate surface area is 98.8 Å². The number of hydrogen-bond donors (Lipinski definition) is 0. The highest BCUT2D eigenvalue weighted by atomic mass is 16.1. The van der Waals surface area contributed by atoms with Crippen LogP contribution in [0.4, 0.5) is 0 Å². The topological polar surface area (TPSA) is 34.1 Å². The lowest BCUT2D eigenvalue weighted by Gasteiger charge is -2.44. The third kappa shape index (κ3) is 2.36. The van der Waals surface area contributed by atoms with E-state index in [2.05, 4.69) is 20.8 Å². The van der Waals surface area contributed by atoms with Crippen LogP contribution in [-0.4, -0.2) is 11.6 Å². The van der Waals surface area contributed by atoms with Gasteiger partial charge in [0.1, 0.15) is 11.6 Å². The quantitative estimate of drug-likeness (QED) is 0.686. The van der Waals surface area contributed by atoms with Crippen LogP contribution < -0.4 is 0 Å². The van der Waals surface area contributed by atoms with Gasteiger partial charge in [-0.3, -0.25) is 9.59 Å². The number of carbonyl (C=O) groups is 2. The summed E-state index contributed by atoms with van der Waals surface area (Å²) in [6, 6.07) is 0. The molecule has 0 amide bonds. The van der Waals surface area contributed by atoms with Gasteiger partial charge in [-0.15, -0.1) is 0 Å². The van der Waals surface area contributed by atoms with Gasteiger partial charge < -0.3 is 0 Å². The molecule has 0 aromatic carbocycles. The molecule has 0 bridgehead atoms. The SMILES string of the molecule is CC(=O)[C@H]1[C@H](C)[C@H](C)C(=O)C[C@H]1C(C)(C)C. The van der Waals surface area contributed by atoms with Crippen molar-refractivity contribution in [1.82, 2.24) is 0 Å². The third-order valence-corrected chi connectivity index (χ3v) is 4.30. The minimum absolute atomic E-state index is 0.0282. The normalized spacial score (nSPS) is 36.2. The molecule has 16 heavy (non-hydrogen) atoms. The predicted octanol–water partition coefficient (Wildman–Crippen LogP) is 3.10. The average molecular weight is 224 g/mol. The van der Waals surface area contributed by atoms with Gasteiger partial charge in [0.25, 0.3) is 0 Å². The summed E-state index contributed by atoms with van der Waals surface area (Å²) in [4.78, 5) is 23.7. The van der Waals surface area contributed by atoms with Crippen LogP contribution in [0, 0.1) is 29.1 Å². The fourth-order valence-corrected chi connectivity index (χ4v) is 3.00. The zero-order valence-electron chi connectivity index (χ0n) is 11.3. The number of ketones is 2. The van der Waals surface area contributed by atoms with Gasteiger partial charge in [-0.05, 0) is 24.2 Å². The Morgan fingerprint density at radius 1 is 1.25 bits per heavy atom. The lowest BCUT2D eigenvalue weighted by atomic mass is 9.58. The van der Waals surface area contributed by atoms with E-state index in [1.165, 1.54) is 0 Å². The number of rotatable bonds is 1. The molecule has 92 valence electrons. The summed E-state index contributed by atoms with van der Waals surface area (Å²) in [6.45, 7) is 12.1. The Hall–Kier alpha value is -0.660. The summed E-state index contributed by atoms with van der Waals surface area (Å²) in [5, 5.41) is 0. The summed E-state index contributed by atoms with van der Waals surface area (Å²) < 4.78 is 0. The molecule has 0 unspecified atom stereocenters. The van der Waals surface area contributed by atoms with E-state index in [4.69, 9.17) is 0 Å². The smallest absolute Gasteiger partial charge is 0.136 e. The van der Waals surface area contributed by atoms with E-state index in [1.54, 1.807) is 6.92 Å². The summed E-state index contributed by atoms with van der Waals surface area (Å²) in [5.74, 6) is 1.03. The fourth-order valence-electron chi connectivity index (χ4n) is 3.00. The third-order valence-electron chi connectivity index (χ3n) is 4.30. The first kappa shape index (κ1) is 13.4. The second kappa shape index (κ2) is 4.31. The lowest BCUT2D eigenvalue weighted by Crippen LogP contribution is -2.46. The molecule has 1 fully saturated rings. The standard InChI is InChI=1S/C14H24O2/c1-8-9(2)13(10(3)15)11(7-12(8)16)14(4,5)6/h8-9,11,13H,7H2,1-6H3/t8-,9+,11+,13+/m0/s1. The molecule has 1 aliphatic carbocycles. The number of Topliss-reactive ketones (excluding diaryl/α,β-unsaturated/α-hetero) is 2. The molecule has 2 nitrogen and oxygen atoms in total. The highest BCUT2D eigenvalue weighted by Crippen LogP contribution is 2.45. The largest absolute Gasteiger partial charge is 0.300 e. The van der Waals surface area contributed by atoms with E-state index >= 15 is 0 Å². The molecule has 2 heteroatoms. The molecular formula is C14H24O2. The average Bonchev–Trinajstić information content (AvgIpc) is 2.11. The maximum atomic E-state index is 11.9. The van der Waals surface area contributed by atoms with Gasteiger partial charge in [0, 0.05) is 18.3 Å². The Balaban J connectivity index is 3.06.